The zero-order valence-corrected chi connectivity index (χ0v) is 11.9. The number of methoxy groups -OCH3 is 1. The molecule has 0 bridgehead atoms. The van der Waals surface area contributed by atoms with Gasteiger partial charge in [-0.2, -0.15) is 0 Å². The van der Waals surface area contributed by atoms with Gasteiger partial charge in [0.05, 0.1) is 6.10 Å². The molecule has 0 spiro atoms. The smallest absolute Gasteiger partial charge is 0.148 e. The predicted octanol–water partition coefficient (Wildman–Crippen LogP) is 1.25. The van der Waals surface area contributed by atoms with Crippen LogP contribution in [0.2, 0.25) is 0 Å². The molecule has 1 aliphatic rings. The third-order valence-corrected chi connectivity index (χ3v) is 3.63. The van der Waals surface area contributed by atoms with Gasteiger partial charge in [-0.15, -0.1) is 0 Å². The number of nitrogen functional groups attached to an aromatic ring is 1. The molecule has 6 nitrogen and oxygen atoms in total. The number of ether oxygens (including phenoxy) is 1. The Labute approximate surface area is 114 Å². The minimum Gasteiger partial charge on any atom is -0.380 e. The number of piperidine rings is 1. The van der Waals surface area contributed by atoms with Crippen LogP contribution in [0.4, 0.5) is 11.6 Å². The van der Waals surface area contributed by atoms with Crippen molar-refractivity contribution in [3.63, 3.8) is 0 Å². The molecule has 0 amide bonds. The lowest BCUT2D eigenvalue weighted by Crippen LogP contribution is -2.40. The molecule has 0 radical (unpaired) electrons. The first-order valence-electron chi connectivity index (χ1n) is 6.81. The van der Waals surface area contributed by atoms with Gasteiger partial charge in [0.15, 0.2) is 0 Å². The van der Waals surface area contributed by atoms with Gasteiger partial charge < -0.3 is 15.1 Å². The molecule has 2 heterocycles. The van der Waals surface area contributed by atoms with Crippen molar-refractivity contribution in [2.45, 2.75) is 39.2 Å². The van der Waals surface area contributed by atoms with Gasteiger partial charge in [0.2, 0.25) is 0 Å². The lowest BCUT2D eigenvalue weighted by atomic mass is 10.1. The fourth-order valence-electron chi connectivity index (χ4n) is 2.48. The standard InChI is InChI=1S/C13H23N5O/c1-4-11-15-12(17-14)9(2)13(16-11)18-7-5-6-10(8-18)19-3/h10H,4-8,14H2,1-3H3,(H,15,16,17). The number of aryl methyl sites for hydroxylation is 1. The van der Waals surface area contributed by atoms with Crippen LogP contribution in [0.3, 0.4) is 0 Å². The molecule has 106 valence electrons. The fraction of sp³-hybridized carbons (Fsp3) is 0.692. The molecule has 1 unspecified atom stereocenters. The summed E-state index contributed by atoms with van der Waals surface area (Å²) in [6.07, 6.45) is 3.31. The number of aromatic nitrogens is 2. The predicted molar refractivity (Wildman–Crippen MR) is 76.2 cm³/mol. The number of nitrogens with zero attached hydrogens (tertiary/aromatic N) is 3. The van der Waals surface area contributed by atoms with Gasteiger partial charge in [0.25, 0.3) is 0 Å². The molecule has 2 rings (SSSR count). The zero-order valence-electron chi connectivity index (χ0n) is 11.9. The van der Waals surface area contributed by atoms with E-state index in [1.54, 1.807) is 7.11 Å². The van der Waals surface area contributed by atoms with Crippen LogP contribution in [0.5, 0.6) is 0 Å². The van der Waals surface area contributed by atoms with Crippen molar-refractivity contribution in [3.05, 3.63) is 11.4 Å². The summed E-state index contributed by atoms with van der Waals surface area (Å²) in [5.41, 5.74) is 3.66. The molecular weight excluding hydrogens is 242 g/mol. The van der Waals surface area contributed by atoms with Crippen molar-refractivity contribution >= 4 is 11.6 Å². The van der Waals surface area contributed by atoms with E-state index in [4.69, 9.17) is 10.6 Å². The Morgan fingerprint density at radius 2 is 2.26 bits per heavy atom. The van der Waals surface area contributed by atoms with E-state index < -0.39 is 0 Å². The average Bonchev–Trinajstić information content (AvgIpc) is 2.47. The number of hydrazine groups is 1. The number of nitrogens with one attached hydrogen (secondary N) is 1. The maximum atomic E-state index is 5.54. The van der Waals surface area contributed by atoms with E-state index in [0.29, 0.717) is 5.82 Å². The van der Waals surface area contributed by atoms with Crippen LogP contribution in [-0.4, -0.2) is 36.3 Å². The van der Waals surface area contributed by atoms with Crippen LogP contribution in [0.1, 0.15) is 31.2 Å². The van der Waals surface area contributed by atoms with Gasteiger partial charge in [0.1, 0.15) is 17.5 Å². The van der Waals surface area contributed by atoms with Gasteiger partial charge in [-0.25, -0.2) is 15.8 Å². The van der Waals surface area contributed by atoms with E-state index in [1.807, 2.05) is 13.8 Å². The van der Waals surface area contributed by atoms with Crippen molar-refractivity contribution in [3.8, 4) is 0 Å². The van der Waals surface area contributed by atoms with Crippen molar-refractivity contribution in [1.82, 2.24) is 9.97 Å². The molecule has 19 heavy (non-hydrogen) atoms. The van der Waals surface area contributed by atoms with E-state index >= 15 is 0 Å². The normalized spacial score (nSPS) is 19.6. The second kappa shape index (κ2) is 6.16. The highest BCUT2D eigenvalue weighted by Crippen LogP contribution is 2.26. The molecular formula is C13H23N5O. The van der Waals surface area contributed by atoms with Gasteiger partial charge in [0, 0.05) is 32.2 Å². The van der Waals surface area contributed by atoms with E-state index in [1.165, 1.54) is 0 Å². The molecule has 3 N–H and O–H groups in total. The van der Waals surface area contributed by atoms with Crippen LogP contribution >= 0.6 is 0 Å². The first kappa shape index (κ1) is 14.0. The third-order valence-electron chi connectivity index (χ3n) is 3.63. The van der Waals surface area contributed by atoms with E-state index in [2.05, 4.69) is 20.3 Å². The number of rotatable bonds is 4. The molecule has 0 saturated carbocycles. The molecule has 1 aromatic rings. The monoisotopic (exact) mass is 265 g/mol. The Kier molecular flexibility index (Phi) is 4.55. The first-order chi connectivity index (χ1) is 9.19. The van der Waals surface area contributed by atoms with Crippen LogP contribution in [-0.2, 0) is 11.2 Å². The molecule has 1 aromatic heterocycles. The van der Waals surface area contributed by atoms with Crippen molar-refractivity contribution in [2.24, 2.45) is 5.84 Å². The van der Waals surface area contributed by atoms with Crippen molar-refractivity contribution in [2.75, 3.05) is 30.5 Å². The van der Waals surface area contributed by atoms with Gasteiger partial charge in [-0.05, 0) is 19.8 Å². The lowest BCUT2D eigenvalue weighted by molar-refractivity contribution is 0.0891. The highest BCUT2D eigenvalue weighted by Gasteiger charge is 2.23. The lowest BCUT2D eigenvalue weighted by Gasteiger charge is -2.34. The summed E-state index contributed by atoms with van der Waals surface area (Å²) < 4.78 is 5.47. The molecule has 1 fully saturated rings. The molecule has 0 aromatic carbocycles. The third kappa shape index (κ3) is 2.96. The molecule has 0 aliphatic carbocycles. The number of anilines is 2. The van der Waals surface area contributed by atoms with Gasteiger partial charge in [-0.3, -0.25) is 0 Å². The minimum atomic E-state index is 0.280. The summed E-state index contributed by atoms with van der Waals surface area (Å²) in [7, 11) is 1.77. The van der Waals surface area contributed by atoms with Crippen molar-refractivity contribution < 1.29 is 4.74 Å². The quantitative estimate of drug-likeness (QED) is 0.630. The van der Waals surface area contributed by atoms with Crippen LogP contribution in [0.25, 0.3) is 0 Å². The Bertz CT molecular complexity index is 437. The molecule has 6 heteroatoms. The molecule has 1 saturated heterocycles. The second-order valence-electron chi connectivity index (χ2n) is 4.88. The second-order valence-corrected chi connectivity index (χ2v) is 4.88. The average molecular weight is 265 g/mol. The Morgan fingerprint density at radius 3 is 2.89 bits per heavy atom. The van der Waals surface area contributed by atoms with E-state index in [9.17, 15) is 0 Å². The summed E-state index contributed by atoms with van der Waals surface area (Å²) >= 11 is 0. The highest BCUT2D eigenvalue weighted by atomic mass is 16.5. The summed E-state index contributed by atoms with van der Waals surface area (Å²) in [5.74, 6) is 8.04. The Morgan fingerprint density at radius 1 is 1.47 bits per heavy atom. The maximum absolute atomic E-state index is 5.54. The summed E-state index contributed by atoms with van der Waals surface area (Å²) in [4.78, 5) is 11.3. The van der Waals surface area contributed by atoms with Gasteiger partial charge >= 0.3 is 0 Å². The van der Waals surface area contributed by atoms with E-state index in [0.717, 1.165) is 49.6 Å². The Balaban J connectivity index is 2.32. The Hall–Kier alpha value is -1.40. The van der Waals surface area contributed by atoms with Crippen LogP contribution in [0, 0.1) is 6.92 Å². The molecule has 1 atom stereocenters. The fourth-order valence-corrected chi connectivity index (χ4v) is 2.48. The number of hydrogen-bond donors (Lipinski definition) is 2. The SMILES string of the molecule is CCc1nc(NN)c(C)c(N2CCCC(OC)C2)n1. The van der Waals surface area contributed by atoms with Crippen molar-refractivity contribution in [1.29, 1.82) is 0 Å². The topological polar surface area (TPSA) is 76.3 Å². The maximum Gasteiger partial charge on any atom is 0.148 e. The minimum absolute atomic E-state index is 0.280. The highest BCUT2D eigenvalue weighted by molar-refractivity contribution is 5.58. The van der Waals surface area contributed by atoms with E-state index in [-0.39, 0.29) is 6.10 Å². The van der Waals surface area contributed by atoms with Gasteiger partial charge in [-0.1, -0.05) is 6.92 Å². The summed E-state index contributed by atoms with van der Waals surface area (Å²) in [6.45, 7) is 5.93. The number of hydrogen-bond acceptors (Lipinski definition) is 6. The zero-order chi connectivity index (χ0) is 13.8. The largest absolute Gasteiger partial charge is 0.380 e. The summed E-state index contributed by atoms with van der Waals surface area (Å²) in [6, 6.07) is 0. The van der Waals surface area contributed by atoms with Crippen LogP contribution < -0.4 is 16.2 Å². The summed E-state index contributed by atoms with van der Waals surface area (Å²) in [5, 5.41) is 0. The first-order valence-corrected chi connectivity index (χ1v) is 6.81. The molecule has 1 aliphatic heterocycles. The van der Waals surface area contributed by atoms with Crippen LogP contribution in [0.15, 0.2) is 0 Å². The number of nitrogens with two attached hydrogens (primary N) is 1.